The third-order valence-corrected chi connectivity index (χ3v) is 4.05. The zero-order valence-electron chi connectivity index (χ0n) is 14.4. The maximum atomic E-state index is 12.4. The Morgan fingerprint density at radius 1 is 1.00 bits per heavy atom. The summed E-state index contributed by atoms with van der Waals surface area (Å²) in [6, 6.07) is 18.2. The molecule has 1 unspecified atom stereocenters. The van der Waals surface area contributed by atoms with Crippen molar-refractivity contribution in [3.63, 3.8) is 0 Å². The number of para-hydroxylation sites is 1. The van der Waals surface area contributed by atoms with E-state index in [1.165, 1.54) is 5.56 Å². The molecule has 0 aliphatic carbocycles. The number of anilines is 1. The van der Waals surface area contributed by atoms with E-state index in [9.17, 15) is 4.79 Å². The highest BCUT2D eigenvalue weighted by molar-refractivity contribution is 5.92. The van der Waals surface area contributed by atoms with Crippen LogP contribution in [0.4, 0.5) is 5.69 Å². The summed E-state index contributed by atoms with van der Waals surface area (Å²) in [5.74, 6) is 0.335. The Morgan fingerprint density at radius 3 is 2.33 bits per heavy atom. The van der Waals surface area contributed by atoms with Crippen molar-refractivity contribution in [2.24, 2.45) is 0 Å². The number of rotatable bonds is 8. The fourth-order valence-electron chi connectivity index (χ4n) is 2.70. The van der Waals surface area contributed by atoms with Gasteiger partial charge in [-0.1, -0.05) is 62.4 Å². The predicted molar refractivity (Wildman–Crippen MR) is 104 cm³/mol. The first-order valence-electron chi connectivity index (χ1n) is 8.38. The van der Waals surface area contributed by atoms with Gasteiger partial charge in [-0.2, -0.15) is 0 Å². The molecule has 0 saturated heterocycles. The highest BCUT2D eigenvalue weighted by Gasteiger charge is 2.15. The van der Waals surface area contributed by atoms with E-state index in [0.717, 1.165) is 30.8 Å². The van der Waals surface area contributed by atoms with Gasteiger partial charge in [0, 0.05) is 18.7 Å². The van der Waals surface area contributed by atoms with E-state index in [1.54, 1.807) is 0 Å². The maximum Gasteiger partial charge on any atom is 0.224 e. The quantitative estimate of drug-likeness (QED) is 0.724. The molecule has 0 heterocycles. The number of amides is 1. The van der Waals surface area contributed by atoms with Gasteiger partial charge in [0.15, 0.2) is 0 Å². The lowest BCUT2D eigenvalue weighted by Gasteiger charge is -2.16. The average Bonchev–Trinajstić information content (AvgIpc) is 2.59. The normalized spacial score (nSPS) is 11.4. The lowest BCUT2D eigenvalue weighted by molar-refractivity contribution is -0.116. The lowest BCUT2D eigenvalue weighted by atomic mass is 9.93. The molecule has 3 nitrogen and oxygen atoms in total. The van der Waals surface area contributed by atoms with Crippen molar-refractivity contribution in [1.29, 1.82) is 0 Å². The first-order chi connectivity index (χ1) is 11.2. The second-order valence-corrected chi connectivity index (χ2v) is 5.71. The largest absolute Gasteiger partial charge is 0.326 e. The van der Waals surface area contributed by atoms with Crippen molar-refractivity contribution < 1.29 is 4.79 Å². The van der Waals surface area contributed by atoms with Crippen LogP contribution in [-0.4, -0.2) is 12.5 Å². The fraction of sp³-hybridized carbons (Fsp3) is 0.350. The SMILES string of the molecule is CCNCc1ccccc1NC(=O)CC(CC)c1ccccc1.Cl. The molecule has 4 heteroatoms. The Morgan fingerprint density at radius 2 is 1.67 bits per heavy atom. The van der Waals surface area contributed by atoms with Crippen LogP contribution in [0.15, 0.2) is 54.6 Å². The van der Waals surface area contributed by atoms with Gasteiger partial charge in [0.2, 0.25) is 5.91 Å². The van der Waals surface area contributed by atoms with Crippen LogP contribution in [-0.2, 0) is 11.3 Å². The van der Waals surface area contributed by atoms with Gasteiger partial charge in [0.1, 0.15) is 0 Å². The van der Waals surface area contributed by atoms with Gasteiger partial charge in [-0.3, -0.25) is 4.79 Å². The van der Waals surface area contributed by atoms with Gasteiger partial charge in [0.25, 0.3) is 0 Å². The molecule has 0 spiro atoms. The van der Waals surface area contributed by atoms with Crippen LogP contribution >= 0.6 is 12.4 Å². The summed E-state index contributed by atoms with van der Waals surface area (Å²) >= 11 is 0. The van der Waals surface area contributed by atoms with Crippen molar-refractivity contribution in [2.45, 2.75) is 39.2 Å². The Kier molecular flexibility index (Phi) is 9.13. The summed E-state index contributed by atoms with van der Waals surface area (Å²) in [5.41, 5.74) is 3.25. The molecule has 1 atom stereocenters. The highest BCUT2D eigenvalue weighted by Crippen LogP contribution is 2.24. The monoisotopic (exact) mass is 346 g/mol. The number of carbonyl (C=O) groups is 1. The van der Waals surface area contributed by atoms with Crippen molar-refractivity contribution >= 4 is 24.0 Å². The molecule has 130 valence electrons. The zero-order chi connectivity index (χ0) is 16.5. The highest BCUT2D eigenvalue weighted by atomic mass is 35.5. The van der Waals surface area contributed by atoms with Gasteiger partial charge >= 0.3 is 0 Å². The van der Waals surface area contributed by atoms with Gasteiger partial charge in [-0.15, -0.1) is 12.4 Å². The van der Waals surface area contributed by atoms with Crippen molar-refractivity contribution in [1.82, 2.24) is 5.32 Å². The average molecular weight is 347 g/mol. The van der Waals surface area contributed by atoms with E-state index in [0.29, 0.717) is 6.42 Å². The summed E-state index contributed by atoms with van der Waals surface area (Å²) in [5, 5.41) is 6.38. The smallest absolute Gasteiger partial charge is 0.224 e. The molecule has 2 aromatic rings. The molecule has 0 saturated carbocycles. The van der Waals surface area contributed by atoms with Crippen LogP contribution in [0.2, 0.25) is 0 Å². The van der Waals surface area contributed by atoms with E-state index < -0.39 is 0 Å². The van der Waals surface area contributed by atoms with Crippen molar-refractivity contribution in [3.8, 4) is 0 Å². The van der Waals surface area contributed by atoms with Crippen LogP contribution in [0.3, 0.4) is 0 Å². The molecular weight excluding hydrogens is 320 g/mol. The fourth-order valence-corrected chi connectivity index (χ4v) is 2.70. The molecule has 24 heavy (non-hydrogen) atoms. The van der Waals surface area contributed by atoms with Gasteiger partial charge in [-0.25, -0.2) is 0 Å². The third-order valence-electron chi connectivity index (χ3n) is 4.05. The summed E-state index contributed by atoms with van der Waals surface area (Å²) in [7, 11) is 0. The minimum atomic E-state index is 0. The molecule has 0 bridgehead atoms. The molecule has 2 rings (SSSR count). The van der Waals surface area contributed by atoms with E-state index in [2.05, 4.69) is 36.6 Å². The standard InChI is InChI=1S/C20H26N2O.ClH/c1-3-16(17-10-6-5-7-11-17)14-20(23)22-19-13-9-8-12-18(19)15-21-4-2;/h5-13,16,21H,3-4,14-15H2,1-2H3,(H,22,23);1H. The van der Waals surface area contributed by atoms with Crippen molar-refractivity contribution in [2.75, 3.05) is 11.9 Å². The van der Waals surface area contributed by atoms with E-state index in [1.807, 2.05) is 42.5 Å². The molecule has 0 aromatic heterocycles. The summed E-state index contributed by atoms with van der Waals surface area (Å²) in [4.78, 5) is 12.4. The van der Waals surface area contributed by atoms with Gasteiger partial charge < -0.3 is 10.6 Å². The molecule has 1 amide bonds. The van der Waals surface area contributed by atoms with Crippen LogP contribution in [0.1, 0.15) is 43.7 Å². The minimum absolute atomic E-state index is 0. The Bertz CT molecular complexity index is 616. The van der Waals surface area contributed by atoms with E-state index in [-0.39, 0.29) is 24.2 Å². The number of carbonyl (C=O) groups excluding carboxylic acids is 1. The van der Waals surface area contributed by atoms with Crippen LogP contribution in [0.25, 0.3) is 0 Å². The molecule has 0 aliphatic rings. The summed E-state index contributed by atoms with van der Waals surface area (Å²) in [6.07, 6.45) is 1.46. The van der Waals surface area contributed by atoms with E-state index >= 15 is 0 Å². The number of halogens is 1. The van der Waals surface area contributed by atoms with Gasteiger partial charge in [-0.05, 0) is 36.1 Å². The van der Waals surface area contributed by atoms with Crippen molar-refractivity contribution in [3.05, 3.63) is 65.7 Å². The molecule has 2 aromatic carbocycles. The zero-order valence-corrected chi connectivity index (χ0v) is 15.2. The molecule has 0 fully saturated rings. The number of hydrogen-bond acceptors (Lipinski definition) is 2. The number of hydrogen-bond donors (Lipinski definition) is 2. The van der Waals surface area contributed by atoms with E-state index in [4.69, 9.17) is 0 Å². The Hall–Kier alpha value is -1.84. The molecular formula is C20H27ClN2O. The minimum Gasteiger partial charge on any atom is -0.326 e. The predicted octanol–water partition coefficient (Wildman–Crippen LogP) is 4.74. The molecule has 0 radical (unpaired) electrons. The molecule has 2 N–H and O–H groups in total. The lowest BCUT2D eigenvalue weighted by Crippen LogP contribution is -2.18. The summed E-state index contributed by atoms with van der Waals surface area (Å²) < 4.78 is 0. The maximum absolute atomic E-state index is 12.4. The Labute approximate surface area is 151 Å². The number of benzene rings is 2. The summed E-state index contributed by atoms with van der Waals surface area (Å²) in [6.45, 7) is 5.88. The second-order valence-electron chi connectivity index (χ2n) is 5.71. The Balaban J connectivity index is 0.00000288. The van der Waals surface area contributed by atoms with Gasteiger partial charge in [0.05, 0.1) is 0 Å². The number of nitrogens with one attached hydrogen (secondary N) is 2. The first kappa shape index (κ1) is 20.2. The first-order valence-corrected chi connectivity index (χ1v) is 8.38. The molecule has 0 aliphatic heterocycles. The third kappa shape index (κ3) is 5.99. The van der Waals surface area contributed by atoms with Crippen LogP contribution in [0.5, 0.6) is 0 Å². The topological polar surface area (TPSA) is 41.1 Å². The second kappa shape index (κ2) is 10.8. The van der Waals surface area contributed by atoms with Crippen LogP contribution in [0, 0.1) is 0 Å². The van der Waals surface area contributed by atoms with Crippen LogP contribution < -0.4 is 10.6 Å².